The number of H-pyrrole nitrogens is 1. The van der Waals surface area contributed by atoms with Crippen LogP contribution in [0.2, 0.25) is 0 Å². The number of nitrogens with one attached hydrogen (secondary N) is 3. The van der Waals surface area contributed by atoms with Gasteiger partial charge < -0.3 is 9.73 Å². The first-order chi connectivity index (χ1) is 9.88. The molecule has 2 rings (SSSR count). The molecular formula is C12H19N5O3S. The molecule has 2 aromatic rings. The van der Waals surface area contributed by atoms with Crippen molar-refractivity contribution in [3.63, 3.8) is 0 Å². The Bertz CT molecular complexity index is 676. The van der Waals surface area contributed by atoms with Gasteiger partial charge in [-0.05, 0) is 6.92 Å². The average molecular weight is 313 g/mol. The third-order valence-corrected chi connectivity index (χ3v) is 4.30. The van der Waals surface area contributed by atoms with Crippen molar-refractivity contribution in [1.29, 1.82) is 0 Å². The van der Waals surface area contributed by atoms with Crippen molar-refractivity contribution in [2.75, 3.05) is 0 Å². The predicted molar refractivity (Wildman–Crippen MR) is 75.8 cm³/mol. The van der Waals surface area contributed by atoms with E-state index in [4.69, 9.17) is 4.42 Å². The van der Waals surface area contributed by atoms with Crippen LogP contribution in [-0.2, 0) is 23.1 Å². The monoisotopic (exact) mass is 313 g/mol. The van der Waals surface area contributed by atoms with Crippen molar-refractivity contribution < 1.29 is 12.8 Å². The van der Waals surface area contributed by atoms with Crippen molar-refractivity contribution in [2.24, 2.45) is 0 Å². The molecule has 0 fully saturated rings. The van der Waals surface area contributed by atoms with E-state index < -0.39 is 10.0 Å². The van der Waals surface area contributed by atoms with Crippen LogP contribution in [-0.4, -0.2) is 29.6 Å². The van der Waals surface area contributed by atoms with Gasteiger partial charge in [0.1, 0.15) is 28.6 Å². The molecule has 9 heteroatoms. The largest absolute Gasteiger partial charge is 0.464 e. The molecule has 116 valence electrons. The highest BCUT2D eigenvalue weighted by Gasteiger charge is 2.21. The standard InChI is InChI=1S/C12H19N5O3S/c1-8(2)13-5-10-4-11(9(3)20-10)21(18,19)16-6-12-14-7-15-17-12/h4,7-8,13,16H,5-6H2,1-3H3,(H,14,15,17). The summed E-state index contributed by atoms with van der Waals surface area (Å²) in [4.78, 5) is 4.00. The van der Waals surface area contributed by atoms with Gasteiger partial charge in [0.2, 0.25) is 10.0 Å². The number of furan rings is 1. The molecule has 0 aliphatic rings. The molecule has 21 heavy (non-hydrogen) atoms. The first kappa shape index (κ1) is 15.7. The van der Waals surface area contributed by atoms with Gasteiger partial charge >= 0.3 is 0 Å². The summed E-state index contributed by atoms with van der Waals surface area (Å²) >= 11 is 0. The normalized spacial score (nSPS) is 12.2. The molecule has 0 bridgehead atoms. The molecule has 3 N–H and O–H groups in total. The third kappa shape index (κ3) is 4.13. The fourth-order valence-corrected chi connectivity index (χ4v) is 2.93. The maximum atomic E-state index is 12.2. The van der Waals surface area contributed by atoms with Crippen LogP contribution >= 0.6 is 0 Å². The van der Waals surface area contributed by atoms with E-state index in [9.17, 15) is 8.42 Å². The minimum atomic E-state index is -3.64. The van der Waals surface area contributed by atoms with E-state index >= 15 is 0 Å². The highest BCUT2D eigenvalue weighted by molar-refractivity contribution is 7.89. The number of aromatic amines is 1. The van der Waals surface area contributed by atoms with E-state index in [1.54, 1.807) is 6.92 Å². The zero-order valence-corrected chi connectivity index (χ0v) is 13.0. The van der Waals surface area contributed by atoms with E-state index in [1.807, 2.05) is 13.8 Å². The van der Waals surface area contributed by atoms with Crippen molar-refractivity contribution in [3.05, 3.63) is 29.7 Å². The number of sulfonamides is 1. The van der Waals surface area contributed by atoms with Gasteiger partial charge in [-0.3, -0.25) is 5.10 Å². The number of nitrogens with zero attached hydrogens (tertiary/aromatic N) is 2. The smallest absolute Gasteiger partial charge is 0.244 e. The molecule has 2 aromatic heterocycles. The lowest BCUT2D eigenvalue weighted by Crippen LogP contribution is -2.24. The first-order valence-corrected chi connectivity index (χ1v) is 8.03. The Balaban J connectivity index is 2.08. The van der Waals surface area contributed by atoms with Crippen LogP contribution in [0.15, 0.2) is 21.7 Å². The summed E-state index contributed by atoms with van der Waals surface area (Å²) in [7, 11) is -3.64. The van der Waals surface area contributed by atoms with E-state index in [0.717, 1.165) is 0 Å². The Morgan fingerprint density at radius 2 is 2.14 bits per heavy atom. The second-order valence-corrected chi connectivity index (χ2v) is 6.66. The Labute approximate surface area is 123 Å². The highest BCUT2D eigenvalue weighted by atomic mass is 32.2. The predicted octanol–water partition coefficient (Wildman–Crippen LogP) is 0.683. The van der Waals surface area contributed by atoms with Crippen LogP contribution in [0.25, 0.3) is 0 Å². The minimum Gasteiger partial charge on any atom is -0.464 e. The number of aromatic nitrogens is 3. The number of hydrogen-bond donors (Lipinski definition) is 3. The summed E-state index contributed by atoms with van der Waals surface area (Å²) in [5.74, 6) is 1.39. The molecule has 2 heterocycles. The van der Waals surface area contributed by atoms with Crippen LogP contribution < -0.4 is 10.0 Å². The quantitative estimate of drug-likeness (QED) is 0.693. The summed E-state index contributed by atoms with van der Waals surface area (Å²) in [6, 6.07) is 1.83. The molecule has 0 aromatic carbocycles. The molecule has 0 spiro atoms. The number of hydrogen-bond acceptors (Lipinski definition) is 6. The maximum absolute atomic E-state index is 12.2. The van der Waals surface area contributed by atoms with Gasteiger partial charge in [0.05, 0.1) is 13.1 Å². The molecule has 0 saturated heterocycles. The van der Waals surface area contributed by atoms with Crippen LogP contribution in [0.4, 0.5) is 0 Å². The van der Waals surface area contributed by atoms with Gasteiger partial charge in [-0.1, -0.05) is 13.8 Å². The fourth-order valence-electron chi connectivity index (χ4n) is 1.74. The van der Waals surface area contributed by atoms with Crippen LogP contribution in [0.1, 0.15) is 31.2 Å². The van der Waals surface area contributed by atoms with E-state index in [2.05, 4.69) is 25.2 Å². The summed E-state index contributed by atoms with van der Waals surface area (Å²) in [5, 5.41) is 9.43. The van der Waals surface area contributed by atoms with E-state index in [-0.39, 0.29) is 11.4 Å². The lowest BCUT2D eigenvalue weighted by molar-refractivity contribution is 0.444. The second kappa shape index (κ2) is 6.37. The van der Waals surface area contributed by atoms with Crippen molar-refractivity contribution in [2.45, 2.75) is 44.8 Å². The zero-order valence-electron chi connectivity index (χ0n) is 12.2. The van der Waals surface area contributed by atoms with Crippen LogP contribution in [0, 0.1) is 6.92 Å². The van der Waals surface area contributed by atoms with Gasteiger partial charge in [-0.2, -0.15) is 5.10 Å². The van der Waals surface area contributed by atoms with Gasteiger partial charge in [0.15, 0.2) is 0 Å². The van der Waals surface area contributed by atoms with Gasteiger partial charge in [0, 0.05) is 12.1 Å². The Kier molecular flexibility index (Phi) is 4.76. The molecule has 0 radical (unpaired) electrons. The molecule has 0 aliphatic heterocycles. The van der Waals surface area contributed by atoms with E-state index in [0.29, 0.717) is 29.9 Å². The zero-order chi connectivity index (χ0) is 15.5. The number of rotatable bonds is 7. The van der Waals surface area contributed by atoms with E-state index in [1.165, 1.54) is 12.4 Å². The summed E-state index contributed by atoms with van der Waals surface area (Å²) in [5.41, 5.74) is 0. The van der Waals surface area contributed by atoms with Crippen molar-refractivity contribution in [3.8, 4) is 0 Å². The van der Waals surface area contributed by atoms with Crippen LogP contribution in [0.3, 0.4) is 0 Å². The van der Waals surface area contributed by atoms with Gasteiger partial charge in [-0.25, -0.2) is 18.1 Å². The molecular weight excluding hydrogens is 294 g/mol. The molecule has 0 atom stereocenters. The van der Waals surface area contributed by atoms with Crippen LogP contribution in [0.5, 0.6) is 0 Å². The average Bonchev–Trinajstić information content (AvgIpc) is 3.03. The maximum Gasteiger partial charge on any atom is 0.244 e. The SMILES string of the molecule is Cc1oc(CNC(C)C)cc1S(=O)(=O)NCc1ncn[nH]1. The van der Waals surface area contributed by atoms with Gasteiger partial charge in [-0.15, -0.1) is 0 Å². The lowest BCUT2D eigenvalue weighted by Gasteiger charge is -2.04. The molecule has 0 unspecified atom stereocenters. The second-order valence-electron chi connectivity index (χ2n) is 4.93. The first-order valence-electron chi connectivity index (χ1n) is 6.55. The minimum absolute atomic E-state index is 0.0481. The summed E-state index contributed by atoms with van der Waals surface area (Å²) in [6.45, 7) is 6.17. The Morgan fingerprint density at radius 1 is 1.38 bits per heavy atom. The third-order valence-electron chi connectivity index (χ3n) is 2.79. The topological polar surface area (TPSA) is 113 Å². The van der Waals surface area contributed by atoms with Crippen molar-refractivity contribution >= 4 is 10.0 Å². The van der Waals surface area contributed by atoms with Gasteiger partial charge in [0.25, 0.3) is 0 Å². The fraction of sp³-hybridized carbons (Fsp3) is 0.500. The van der Waals surface area contributed by atoms with Crippen molar-refractivity contribution in [1.82, 2.24) is 25.2 Å². The summed E-state index contributed by atoms with van der Waals surface area (Å²) in [6.07, 6.45) is 1.32. The Morgan fingerprint density at radius 3 is 2.76 bits per heavy atom. The molecule has 0 saturated carbocycles. The molecule has 0 amide bonds. The molecule has 0 aliphatic carbocycles. The highest BCUT2D eigenvalue weighted by Crippen LogP contribution is 2.20. The molecule has 8 nitrogen and oxygen atoms in total. The summed E-state index contributed by atoms with van der Waals surface area (Å²) < 4.78 is 32.4. The Hall–Kier alpha value is -1.71. The lowest BCUT2D eigenvalue weighted by atomic mass is 10.3. The number of aryl methyl sites for hydroxylation is 1.